The number of hydrogen-bond acceptors (Lipinski definition) is 3. The maximum Gasteiger partial charge on any atom is 0.340 e. The molecule has 1 fully saturated rings. The molecule has 1 atom stereocenters. The van der Waals surface area contributed by atoms with Crippen LogP contribution in [0.1, 0.15) is 36.5 Å². The van der Waals surface area contributed by atoms with E-state index in [4.69, 9.17) is 5.11 Å². The molecule has 3 N–H and O–H groups in total. The Morgan fingerprint density at radius 1 is 1.48 bits per heavy atom. The van der Waals surface area contributed by atoms with Crippen LogP contribution in [-0.4, -0.2) is 30.1 Å². The van der Waals surface area contributed by atoms with E-state index in [-0.39, 0.29) is 11.6 Å². The monoisotopic (exact) mass is 294 g/mol. The zero-order valence-electron chi connectivity index (χ0n) is 11.9. The Labute approximate surface area is 122 Å². The number of carboxylic acid groups (broad SMARTS) is 1. The third-order valence-electron chi connectivity index (χ3n) is 4.11. The molecule has 6 heteroatoms. The Kier molecular flexibility index (Phi) is 4.57. The van der Waals surface area contributed by atoms with Crippen molar-refractivity contribution >= 4 is 17.6 Å². The van der Waals surface area contributed by atoms with Gasteiger partial charge in [-0.1, -0.05) is 13.0 Å². The second-order valence-electron chi connectivity index (χ2n) is 5.34. The number of halogens is 1. The molecule has 1 aliphatic heterocycles. The van der Waals surface area contributed by atoms with E-state index in [1.165, 1.54) is 12.1 Å². The highest BCUT2D eigenvalue weighted by atomic mass is 19.1. The third kappa shape index (κ3) is 3.05. The van der Waals surface area contributed by atoms with Gasteiger partial charge in [-0.2, -0.15) is 0 Å². The maximum atomic E-state index is 13.6. The van der Waals surface area contributed by atoms with E-state index in [9.17, 15) is 14.0 Å². The molecular weight excluding hydrogens is 275 g/mol. The number of benzene rings is 1. The summed E-state index contributed by atoms with van der Waals surface area (Å²) in [4.78, 5) is 23.7. The lowest BCUT2D eigenvalue weighted by molar-refractivity contribution is -0.126. The molecule has 0 radical (unpaired) electrons. The Balaban J connectivity index is 2.27. The standard InChI is InChI=1S/C15H19FN2O3/c1-2-15(7-4-8-17-9-15)14(21)18-11-6-3-5-10(16)12(11)13(19)20/h3,5-6,17H,2,4,7-9H2,1H3,(H,18,21)(H,19,20). The summed E-state index contributed by atoms with van der Waals surface area (Å²) in [6.07, 6.45) is 2.26. The Hall–Kier alpha value is -1.95. The molecule has 1 amide bonds. The third-order valence-corrected chi connectivity index (χ3v) is 4.11. The molecule has 1 saturated heterocycles. The summed E-state index contributed by atoms with van der Waals surface area (Å²) < 4.78 is 13.6. The number of nitrogens with one attached hydrogen (secondary N) is 2. The van der Waals surface area contributed by atoms with Crippen LogP contribution < -0.4 is 10.6 Å². The topological polar surface area (TPSA) is 78.4 Å². The van der Waals surface area contributed by atoms with Crippen molar-refractivity contribution in [2.24, 2.45) is 5.41 Å². The van der Waals surface area contributed by atoms with Crippen molar-refractivity contribution in [1.82, 2.24) is 5.32 Å². The highest BCUT2D eigenvalue weighted by Gasteiger charge is 2.38. The van der Waals surface area contributed by atoms with E-state index in [0.717, 1.165) is 25.5 Å². The summed E-state index contributed by atoms with van der Waals surface area (Å²) in [5.41, 5.74) is -1.06. The van der Waals surface area contributed by atoms with E-state index in [1.807, 2.05) is 6.92 Å². The zero-order chi connectivity index (χ0) is 15.5. The normalized spacial score (nSPS) is 21.8. The van der Waals surface area contributed by atoms with E-state index in [2.05, 4.69) is 10.6 Å². The fourth-order valence-electron chi connectivity index (χ4n) is 2.72. The lowest BCUT2D eigenvalue weighted by Crippen LogP contribution is -2.47. The molecule has 1 aromatic rings. The minimum atomic E-state index is -1.39. The maximum absolute atomic E-state index is 13.6. The summed E-state index contributed by atoms with van der Waals surface area (Å²) in [7, 11) is 0. The predicted molar refractivity (Wildman–Crippen MR) is 76.8 cm³/mol. The van der Waals surface area contributed by atoms with Crippen molar-refractivity contribution in [3.05, 3.63) is 29.6 Å². The van der Waals surface area contributed by atoms with Gasteiger partial charge in [0.05, 0.1) is 11.1 Å². The van der Waals surface area contributed by atoms with Crippen molar-refractivity contribution in [3.63, 3.8) is 0 Å². The number of aromatic carboxylic acids is 1. The lowest BCUT2D eigenvalue weighted by atomic mass is 9.77. The SMILES string of the molecule is CCC1(C(=O)Nc2cccc(F)c2C(=O)O)CCCNC1. The smallest absolute Gasteiger partial charge is 0.340 e. The van der Waals surface area contributed by atoms with Gasteiger partial charge in [-0.05, 0) is 37.9 Å². The van der Waals surface area contributed by atoms with Gasteiger partial charge in [-0.15, -0.1) is 0 Å². The minimum absolute atomic E-state index is 0.00546. The molecule has 21 heavy (non-hydrogen) atoms. The second-order valence-corrected chi connectivity index (χ2v) is 5.34. The zero-order valence-corrected chi connectivity index (χ0v) is 11.9. The van der Waals surface area contributed by atoms with Crippen LogP contribution in [0.2, 0.25) is 0 Å². The molecule has 114 valence electrons. The summed E-state index contributed by atoms with van der Waals surface area (Å²) in [5.74, 6) is -2.51. The van der Waals surface area contributed by atoms with Crippen LogP contribution in [0.5, 0.6) is 0 Å². The van der Waals surface area contributed by atoms with E-state index in [0.29, 0.717) is 13.0 Å². The molecule has 1 aromatic carbocycles. The number of rotatable bonds is 4. The molecule has 0 aromatic heterocycles. The number of carboxylic acids is 1. The Morgan fingerprint density at radius 2 is 2.24 bits per heavy atom. The van der Waals surface area contributed by atoms with Gasteiger partial charge in [0.2, 0.25) is 5.91 Å². The minimum Gasteiger partial charge on any atom is -0.478 e. The van der Waals surface area contributed by atoms with Crippen LogP contribution in [0.3, 0.4) is 0 Å². The lowest BCUT2D eigenvalue weighted by Gasteiger charge is -2.35. The molecule has 0 spiro atoms. The van der Waals surface area contributed by atoms with Crippen molar-refractivity contribution in [1.29, 1.82) is 0 Å². The van der Waals surface area contributed by atoms with Crippen molar-refractivity contribution in [2.45, 2.75) is 26.2 Å². The van der Waals surface area contributed by atoms with E-state index in [1.54, 1.807) is 0 Å². The first-order valence-electron chi connectivity index (χ1n) is 7.04. The van der Waals surface area contributed by atoms with Crippen LogP contribution in [0.25, 0.3) is 0 Å². The van der Waals surface area contributed by atoms with Gasteiger partial charge in [0.25, 0.3) is 0 Å². The molecule has 5 nitrogen and oxygen atoms in total. The van der Waals surface area contributed by atoms with Crippen LogP contribution in [0.15, 0.2) is 18.2 Å². The molecular formula is C15H19FN2O3. The van der Waals surface area contributed by atoms with E-state index >= 15 is 0 Å². The Bertz CT molecular complexity index is 554. The number of carbonyl (C=O) groups excluding carboxylic acids is 1. The quantitative estimate of drug-likeness (QED) is 0.796. The number of hydrogen-bond donors (Lipinski definition) is 3. The van der Waals surface area contributed by atoms with Crippen molar-refractivity contribution in [2.75, 3.05) is 18.4 Å². The average Bonchev–Trinajstić information content (AvgIpc) is 2.47. The molecule has 1 unspecified atom stereocenters. The molecule has 1 heterocycles. The van der Waals surface area contributed by atoms with Crippen molar-refractivity contribution < 1.29 is 19.1 Å². The highest BCUT2D eigenvalue weighted by Crippen LogP contribution is 2.32. The van der Waals surface area contributed by atoms with Gasteiger partial charge in [-0.25, -0.2) is 9.18 Å². The molecule has 0 bridgehead atoms. The van der Waals surface area contributed by atoms with Gasteiger partial charge >= 0.3 is 5.97 Å². The molecule has 0 saturated carbocycles. The van der Waals surface area contributed by atoms with Gasteiger partial charge < -0.3 is 15.7 Å². The number of anilines is 1. The first-order chi connectivity index (χ1) is 10.00. The van der Waals surface area contributed by atoms with Crippen LogP contribution in [0.4, 0.5) is 10.1 Å². The van der Waals surface area contributed by atoms with Crippen LogP contribution in [0, 0.1) is 11.2 Å². The summed E-state index contributed by atoms with van der Waals surface area (Å²) in [6, 6.07) is 3.86. The summed E-state index contributed by atoms with van der Waals surface area (Å²) in [6.45, 7) is 3.35. The highest BCUT2D eigenvalue weighted by molar-refractivity contribution is 6.02. The first kappa shape index (κ1) is 15.4. The van der Waals surface area contributed by atoms with Crippen LogP contribution in [-0.2, 0) is 4.79 Å². The van der Waals surface area contributed by atoms with Crippen molar-refractivity contribution in [3.8, 4) is 0 Å². The van der Waals surface area contributed by atoms with Gasteiger partial charge in [-0.3, -0.25) is 4.79 Å². The number of piperidine rings is 1. The summed E-state index contributed by atoms with van der Waals surface area (Å²) in [5, 5.41) is 14.9. The Morgan fingerprint density at radius 3 is 2.81 bits per heavy atom. The second kappa shape index (κ2) is 6.22. The van der Waals surface area contributed by atoms with Crippen LogP contribution >= 0.6 is 0 Å². The fraction of sp³-hybridized carbons (Fsp3) is 0.467. The fourth-order valence-corrected chi connectivity index (χ4v) is 2.72. The first-order valence-corrected chi connectivity index (χ1v) is 7.04. The van der Waals surface area contributed by atoms with Gasteiger partial charge in [0, 0.05) is 6.54 Å². The molecule has 1 aliphatic rings. The number of carbonyl (C=O) groups is 2. The largest absolute Gasteiger partial charge is 0.478 e. The predicted octanol–water partition coefficient (Wildman–Crippen LogP) is 2.24. The summed E-state index contributed by atoms with van der Waals surface area (Å²) >= 11 is 0. The van der Waals surface area contributed by atoms with Gasteiger partial charge in [0.15, 0.2) is 0 Å². The molecule has 2 rings (SSSR count). The number of amides is 1. The molecule has 0 aliphatic carbocycles. The van der Waals surface area contributed by atoms with Gasteiger partial charge in [0.1, 0.15) is 11.4 Å². The average molecular weight is 294 g/mol. The van der Waals surface area contributed by atoms with E-state index < -0.39 is 22.8 Å².